The molecule has 0 bridgehead atoms. The maximum atomic E-state index is 12.9. The van der Waals surface area contributed by atoms with Gasteiger partial charge in [0.1, 0.15) is 6.34 Å². The Morgan fingerprint density at radius 3 is 2.80 bits per heavy atom. The van der Waals surface area contributed by atoms with E-state index < -0.39 is 6.42 Å². The fraction of sp³-hybridized carbons (Fsp3) is 0.833. The summed E-state index contributed by atoms with van der Waals surface area (Å²) >= 11 is 0. The Balaban J connectivity index is 2.41. The number of nitrogens with zero attached hydrogens (tertiary/aromatic N) is 3. The van der Waals surface area contributed by atoms with Crippen LogP contribution in [0.15, 0.2) is 5.10 Å². The molecule has 0 saturated heterocycles. The average molecular weight is 145 g/mol. The van der Waals surface area contributed by atoms with Crippen molar-refractivity contribution in [1.29, 1.82) is 0 Å². The molecule has 0 fully saturated rings. The van der Waals surface area contributed by atoms with Crippen molar-refractivity contribution in [2.45, 2.75) is 19.8 Å². The lowest BCUT2D eigenvalue weighted by molar-refractivity contribution is 0.0345. The molecule has 1 atom stereocenters. The van der Waals surface area contributed by atoms with Crippen LogP contribution in [-0.2, 0) is 0 Å². The number of rotatable bonds is 2. The van der Waals surface area contributed by atoms with E-state index >= 15 is 0 Å². The van der Waals surface area contributed by atoms with Crippen molar-refractivity contribution in [2.75, 3.05) is 13.6 Å². The van der Waals surface area contributed by atoms with Gasteiger partial charge in [-0.05, 0) is 6.42 Å². The van der Waals surface area contributed by atoms with Crippen LogP contribution in [0.25, 0.3) is 0 Å². The van der Waals surface area contributed by atoms with Crippen molar-refractivity contribution < 1.29 is 4.39 Å². The number of hydrazone groups is 1. The summed E-state index contributed by atoms with van der Waals surface area (Å²) in [5.41, 5.74) is 0. The summed E-state index contributed by atoms with van der Waals surface area (Å²) < 4.78 is 12.9. The maximum absolute atomic E-state index is 12.9. The lowest BCUT2D eigenvalue weighted by Gasteiger charge is -2.19. The highest BCUT2D eigenvalue weighted by molar-refractivity contribution is 5.56. The second-order valence-corrected chi connectivity index (χ2v) is 2.35. The van der Waals surface area contributed by atoms with Crippen molar-refractivity contribution in [1.82, 2.24) is 9.91 Å². The third-order valence-corrected chi connectivity index (χ3v) is 1.45. The van der Waals surface area contributed by atoms with E-state index in [9.17, 15) is 4.39 Å². The molecule has 0 N–H and O–H groups in total. The van der Waals surface area contributed by atoms with E-state index in [2.05, 4.69) is 5.10 Å². The minimum atomic E-state index is -1.06. The van der Waals surface area contributed by atoms with Gasteiger partial charge in [-0.25, -0.2) is 5.01 Å². The zero-order chi connectivity index (χ0) is 7.56. The molecule has 0 aromatic carbocycles. The first-order valence-electron chi connectivity index (χ1n) is 3.42. The SMILES string of the molecule is CCCN1C=NN(C)C1F. The van der Waals surface area contributed by atoms with Crippen LogP contribution < -0.4 is 0 Å². The van der Waals surface area contributed by atoms with Crippen LogP contribution in [0, 0.1) is 0 Å². The largest absolute Gasteiger partial charge is 0.313 e. The van der Waals surface area contributed by atoms with Gasteiger partial charge in [0.15, 0.2) is 0 Å². The van der Waals surface area contributed by atoms with Gasteiger partial charge in [0.05, 0.1) is 0 Å². The first-order valence-corrected chi connectivity index (χ1v) is 3.42. The lowest BCUT2D eigenvalue weighted by atomic mass is 10.4. The standard InChI is InChI=1S/C6H12FN3/c1-3-4-10-5-8-9(2)6(10)7/h5-6H,3-4H2,1-2H3. The molecule has 0 aliphatic carbocycles. The molecular formula is C6H12FN3. The van der Waals surface area contributed by atoms with E-state index in [1.165, 1.54) is 11.3 Å². The molecule has 58 valence electrons. The van der Waals surface area contributed by atoms with Crippen molar-refractivity contribution in [3.05, 3.63) is 0 Å². The third kappa shape index (κ3) is 1.20. The first-order chi connectivity index (χ1) is 4.75. The monoisotopic (exact) mass is 145 g/mol. The van der Waals surface area contributed by atoms with E-state index in [1.807, 2.05) is 6.92 Å². The molecule has 0 radical (unpaired) electrons. The van der Waals surface area contributed by atoms with Crippen LogP contribution in [0.4, 0.5) is 4.39 Å². The molecule has 3 nitrogen and oxygen atoms in total. The van der Waals surface area contributed by atoms with Crippen molar-refractivity contribution >= 4 is 6.34 Å². The normalized spacial score (nSPS) is 24.5. The Morgan fingerprint density at radius 2 is 2.40 bits per heavy atom. The van der Waals surface area contributed by atoms with Crippen LogP contribution in [0.2, 0.25) is 0 Å². The number of hydrogen-bond donors (Lipinski definition) is 0. The Labute approximate surface area is 60.1 Å². The summed E-state index contributed by atoms with van der Waals surface area (Å²) in [7, 11) is 1.62. The molecule has 4 heteroatoms. The topological polar surface area (TPSA) is 18.8 Å². The molecule has 0 amide bonds. The highest BCUT2D eigenvalue weighted by Gasteiger charge is 2.22. The minimum Gasteiger partial charge on any atom is -0.313 e. The van der Waals surface area contributed by atoms with Crippen LogP contribution in [0.3, 0.4) is 0 Å². The number of alkyl halides is 1. The first kappa shape index (κ1) is 7.31. The van der Waals surface area contributed by atoms with Crippen LogP contribution in [-0.4, -0.2) is 36.3 Å². The van der Waals surface area contributed by atoms with Gasteiger partial charge in [0.2, 0.25) is 0 Å². The molecule has 1 aliphatic rings. The van der Waals surface area contributed by atoms with Gasteiger partial charge in [-0.1, -0.05) is 6.92 Å². The lowest BCUT2D eigenvalue weighted by Crippen LogP contribution is -2.34. The van der Waals surface area contributed by atoms with Crippen molar-refractivity contribution in [3.63, 3.8) is 0 Å². The summed E-state index contributed by atoms with van der Waals surface area (Å²) in [5.74, 6) is 0. The van der Waals surface area contributed by atoms with E-state index in [0.717, 1.165) is 13.0 Å². The Hall–Kier alpha value is -0.800. The van der Waals surface area contributed by atoms with Crippen LogP contribution in [0.5, 0.6) is 0 Å². The molecule has 0 aromatic heterocycles. The quantitative estimate of drug-likeness (QED) is 0.536. The van der Waals surface area contributed by atoms with Gasteiger partial charge in [0, 0.05) is 13.6 Å². The van der Waals surface area contributed by atoms with Gasteiger partial charge in [-0.2, -0.15) is 9.49 Å². The molecular weight excluding hydrogens is 133 g/mol. The van der Waals surface area contributed by atoms with Crippen molar-refractivity contribution in [3.8, 4) is 0 Å². The van der Waals surface area contributed by atoms with E-state index in [4.69, 9.17) is 0 Å². The minimum absolute atomic E-state index is 0.731. The molecule has 1 heterocycles. The highest BCUT2D eigenvalue weighted by atomic mass is 19.1. The zero-order valence-corrected chi connectivity index (χ0v) is 6.29. The molecule has 1 aliphatic heterocycles. The van der Waals surface area contributed by atoms with Gasteiger partial charge >= 0.3 is 0 Å². The Bertz CT molecular complexity index is 137. The van der Waals surface area contributed by atoms with Gasteiger partial charge in [0.25, 0.3) is 6.42 Å². The molecule has 1 rings (SSSR count). The summed E-state index contributed by atoms with van der Waals surface area (Å²) in [5, 5.41) is 5.08. The molecule has 0 spiro atoms. The summed E-state index contributed by atoms with van der Waals surface area (Å²) in [6.45, 7) is 2.74. The fourth-order valence-corrected chi connectivity index (χ4v) is 0.895. The Morgan fingerprint density at radius 1 is 1.70 bits per heavy atom. The van der Waals surface area contributed by atoms with Crippen LogP contribution >= 0.6 is 0 Å². The summed E-state index contributed by atoms with van der Waals surface area (Å²) in [4.78, 5) is 1.57. The maximum Gasteiger partial charge on any atom is 0.264 e. The van der Waals surface area contributed by atoms with Crippen molar-refractivity contribution in [2.24, 2.45) is 5.10 Å². The number of hydrogen-bond acceptors (Lipinski definition) is 3. The highest BCUT2D eigenvalue weighted by Crippen LogP contribution is 2.10. The summed E-state index contributed by atoms with van der Waals surface area (Å²) in [6, 6.07) is 0. The zero-order valence-electron chi connectivity index (χ0n) is 6.29. The predicted octanol–water partition coefficient (Wildman–Crippen LogP) is 0.840. The van der Waals surface area contributed by atoms with Crippen LogP contribution in [0.1, 0.15) is 13.3 Å². The average Bonchev–Trinajstić information content (AvgIpc) is 2.20. The molecule has 10 heavy (non-hydrogen) atoms. The van der Waals surface area contributed by atoms with E-state index in [0.29, 0.717) is 0 Å². The van der Waals surface area contributed by atoms with E-state index in [-0.39, 0.29) is 0 Å². The molecule has 1 unspecified atom stereocenters. The molecule has 0 saturated carbocycles. The second kappa shape index (κ2) is 2.86. The molecule has 0 aromatic rings. The number of halogens is 1. The smallest absolute Gasteiger partial charge is 0.264 e. The van der Waals surface area contributed by atoms with Gasteiger partial charge in [-0.3, -0.25) is 0 Å². The van der Waals surface area contributed by atoms with Gasteiger partial charge < -0.3 is 4.90 Å². The van der Waals surface area contributed by atoms with E-state index in [1.54, 1.807) is 11.9 Å². The third-order valence-electron chi connectivity index (χ3n) is 1.45. The summed E-state index contributed by atoms with van der Waals surface area (Å²) in [6.07, 6.45) is 1.42. The second-order valence-electron chi connectivity index (χ2n) is 2.35. The predicted molar refractivity (Wildman–Crippen MR) is 38.1 cm³/mol. The fourth-order valence-electron chi connectivity index (χ4n) is 0.895. The van der Waals surface area contributed by atoms with Gasteiger partial charge in [-0.15, -0.1) is 0 Å². The Kier molecular flexibility index (Phi) is 2.09.